The Hall–Kier alpha value is -1.81. The smallest absolute Gasteiger partial charge is 0.252 e. The molecule has 0 bridgehead atoms. The van der Waals surface area contributed by atoms with Gasteiger partial charge in [0, 0.05) is 25.0 Å². The standard InChI is InChI=1S/C12H11ClN2O2/c1-15-7-6-14-11(15)8-17-10-4-2-9(3-5-10)12(13)16/h2-7H,8H2,1H3. The Morgan fingerprint density at radius 1 is 1.41 bits per heavy atom. The fraction of sp³-hybridized carbons (Fsp3) is 0.167. The highest BCUT2D eigenvalue weighted by Gasteiger charge is 2.03. The van der Waals surface area contributed by atoms with E-state index in [2.05, 4.69) is 4.98 Å². The van der Waals surface area contributed by atoms with E-state index >= 15 is 0 Å². The van der Waals surface area contributed by atoms with Gasteiger partial charge in [-0.05, 0) is 35.9 Å². The molecule has 0 saturated heterocycles. The molecule has 0 atom stereocenters. The molecule has 0 spiro atoms. The van der Waals surface area contributed by atoms with E-state index in [1.165, 1.54) is 0 Å². The normalized spacial score (nSPS) is 10.2. The number of hydrogen-bond acceptors (Lipinski definition) is 3. The van der Waals surface area contributed by atoms with Crippen molar-refractivity contribution in [2.75, 3.05) is 0 Å². The maximum atomic E-state index is 10.9. The number of aromatic nitrogens is 2. The van der Waals surface area contributed by atoms with Crippen molar-refractivity contribution in [3.05, 3.63) is 48.0 Å². The first kappa shape index (κ1) is 11.7. The van der Waals surface area contributed by atoms with Gasteiger partial charge in [-0.2, -0.15) is 0 Å². The van der Waals surface area contributed by atoms with E-state index in [4.69, 9.17) is 16.3 Å². The summed E-state index contributed by atoms with van der Waals surface area (Å²) in [5.41, 5.74) is 0.455. The van der Waals surface area contributed by atoms with Crippen molar-refractivity contribution in [3.63, 3.8) is 0 Å². The summed E-state index contributed by atoms with van der Waals surface area (Å²) in [6.45, 7) is 0.387. The summed E-state index contributed by atoms with van der Waals surface area (Å²) in [7, 11) is 1.90. The quantitative estimate of drug-likeness (QED) is 0.783. The van der Waals surface area contributed by atoms with E-state index in [9.17, 15) is 4.79 Å². The summed E-state index contributed by atoms with van der Waals surface area (Å²) < 4.78 is 7.41. The number of ether oxygens (including phenoxy) is 1. The summed E-state index contributed by atoms with van der Waals surface area (Å²) in [6.07, 6.45) is 3.57. The van der Waals surface area contributed by atoms with E-state index in [-0.39, 0.29) is 0 Å². The second kappa shape index (κ2) is 5.01. The van der Waals surface area contributed by atoms with Crippen LogP contribution in [0.3, 0.4) is 0 Å². The number of imidazole rings is 1. The number of nitrogens with zero attached hydrogens (tertiary/aromatic N) is 2. The maximum Gasteiger partial charge on any atom is 0.252 e. The van der Waals surface area contributed by atoms with Crippen molar-refractivity contribution in [3.8, 4) is 5.75 Å². The molecule has 0 radical (unpaired) electrons. The molecule has 1 heterocycles. The Morgan fingerprint density at radius 3 is 2.65 bits per heavy atom. The SMILES string of the molecule is Cn1ccnc1COc1ccc(C(=O)Cl)cc1. The van der Waals surface area contributed by atoms with E-state index in [0.29, 0.717) is 17.9 Å². The van der Waals surface area contributed by atoms with Crippen molar-refractivity contribution in [2.24, 2.45) is 7.05 Å². The van der Waals surface area contributed by atoms with Crippen LogP contribution < -0.4 is 4.74 Å². The van der Waals surface area contributed by atoms with Crippen molar-refractivity contribution in [1.82, 2.24) is 9.55 Å². The summed E-state index contributed by atoms with van der Waals surface area (Å²) in [5.74, 6) is 1.51. The van der Waals surface area contributed by atoms with Gasteiger partial charge in [-0.25, -0.2) is 4.98 Å². The Balaban J connectivity index is 2.00. The maximum absolute atomic E-state index is 10.9. The molecule has 0 aliphatic carbocycles. The minimum atomic E-state index is -0.472. The van der Waals surface area contributed by atoms with E-state index in [0.717, 1.165) is 5.82 Å². The number of benzene rings is 1. The first-order chi connectivity index (χ1) is 8.16. The highest BCUT2D eigenvalue weighted by molar-refractivity contribution is 6.67. The molecule has 4 nitrogen and oxygen atoms in total. The lowest BCUT2D eigenvalue weighted by Crippen LogP contribution is -2.03. The molecule has 0 amide bonds. The van der Waals surface area contributed by atoms with Crippen LogP contribution in [0.15, 0.2) is 36.7 Å². The van der Waals surface area contributed by atoms with Crippen molar-refractivity contribution < 1.29 is 9.53 Å². The molecule has 0 saturated carbocycles. The minimum Gasteiger partial charge on any atom is -0.486 e. The molecule has 2 aromatic rings. The molecule has 1 aromatic carbocycles. The van der Waals surface area contributed by atoms with E-state index in [1.54, 1.807) is 30.5 Å². The van der Waals surface area contributed by atoms with Crippen LogP contribution in [0.2, 0.25) is 0 Å². The van der Waals surface area contributed by atoms with Crippen LogP contribution in [0, 0.1) is 0 Å². The number of carbonyl (C=O) groups is 1. The first-order valence-electron chi connectivity index (χ1n) is 5.05. The first-order valence-corrected chi connectivity index (χ1v) is 5.43. The zero-order valence-corrected chi connectivity index (χ0v) is 10.0. The van der Waals surface area contributed by atoms with Gasteiger partial charge >= 0.3 is 0 Å². The van der Waals surface area contributed by atoms with Gasteiger partial charge < -0.3 is 9.30 Å². The van der Waals surface area contributed by atoms with Crippen LogP contribution in [0.1, 0.15) is 16.2 Å². The van der Waals surface area contributed by atoms with Gasteiger partial charge in [-0.1, -0.05) is 0 Å². The summed E-state index contributed by atoms with van der Waals surface area (Å²) >= 11 is 5.34. The molecule has 0 aliphatic rings. The molecule has 1 aromatic heterocycles. The second-order valence-corrected chi connectivity index (χ2v) is 3.88. The molecule has 0 unspecified atom stereocenters. The number of hydrogen-bond donors (Lipinski definition) is 0. The zero-order valence-electron chi connectivity index (χ0n) is 9.26. The molecule has 0 N–H and O–H groups in total. The lowest BCUT2D eigenvalue weighted by Gasteiger charge is -2.06. The molecular formula is C12H11ClN2O2. The topological polar surface area (TPSA) is 44.1 Å². The number of carbonyl (C=O) groups excluding carboxylic acids is 1. The molecule has 5 heteroatoms. The Morgan fingerprint density at radius 2 is 2.12 bits per heavy atom. The average molecular weight is 251 g/mol. The molecule has 0 fully saturated rings. The molecule has 0 aliphatic heterocycles. The van der Waals surface area contributed by atoms with Gasteiger partial charge in [0.15, 0.2) is 0 Å². The lowest BCUT2D eigenvalue weighted by atomic mass is 10.2. The van der Waals surface area contributed by atoms with Crippen LogP contribution >= 0.6 is 11.6 Å². The number of halogens is 1. The molecule has 17 heavy (non-hydrogen) atoms. The van der Waals surface area contributed by atoms with Gasteiger partial charge in [0.05, 0.1) is 0 Å². The van der Waals surface area contributed by atoms with Gasteiger partial charge in [-0.3, -0.25) is 4.79 Å². The van der Waals surface area contributed by atoms with Crippen LogP contribution in [0.25, 0.3) is 0 Å². The highest BCUT2D eigenvalue weighted by Crippen LogP contribution is 2.14. The monoisotopic (exact) mass is 250 g/mol. The Kier molecular flexibility index (Phi) is 3.44. The molecule has 88 valence electrons. The van der Waals surface area contributed by atoms with Crippen LogP contribution in [-0.2, 0) is 13.7 Å². The van der Waals surface area contributed by atoms with E-state index in [1.807, 2.05) is 17.8 Å². The summed E-state index contributed by atoms with van der Waals surface area (Å²) in [4.78, 5) is 15.0. The predicted octanol–water partition coefficient (Wildman–Crippen LogP) is 2.38. The predicted molar refractivity (Wildman–Crippen MR) is 64.2 cm³/mol. The average Bonchev–Trinajstić information content (AvgIpc) is 2.73. The third-order valence-corrected chi connectivity index (χ3v) is 2.59. The van der Waals surface area contributed by atoms with Crippen molar-refractivity contribution in [2.45, 2.75) is 6.61 Å². The highest BCUT2D eigenvalue weighted by atomic mass is 35.5. The number of rotatable bonds is 4. The van der Waals surface area contributed by atoms with Gasteiger partial charge in [0.25, 0.3) is 5.24 Å². The third kappa shape index (κ3) is 2.85. The van der Waals surface area contributed by atoms with Gasteiger partial charge in [0.1, 0.15) is 18.2 Å². The third-order valence-electron chi connectivity index (χ3n) is 2.37. The molecular weight excluding hydrogens is 240 g/mol. The summed E-state index contributed by atoms with van der Waals surface area (Å²) in [5, 5.41) is -0.472. The van der Waals surface area contributed by atoms with Crippen LogP contribution in [0.4, 0.5) is 0 Å². The van der Waals surface area contributed by atoms with Crippen LogP contribution in [0.5, 0.6) is 5.75 Å². The van der Waals surface area contributed by atoms with Gasteiger partial charge in [0.2, 0.25) is 0 Å². The summed E-state index contributed by atoms with van der Waals surface area (Å²) in [6, 6.07) is 6.67. The van der Waals surface area contributed by atoms with Crippen molar-refractivity contribution in [1.29, 1.82) is 0 Å². The molecule has 2 rings (SSSR count). The van der Waals surface area contributed by atoms with Crippen molar-refractivity contribution >= 4 is 16.8 Å². The fourth-order valence-electron chi connectivity index (χ4n) is 1.37. The van der Waals surface area contributed by atoms with Gasteiger partial charge in [-0.15, -0.1) is 0 Å². The number of aryl methyl sites for hydroxylation is 1. The Bertz CT molecular complexity index is 520. The largest absolute Gasteiger partial charge is 0.486 e. The van der Waals surface area contributed by atoms with Crippen LogP contribution in [-0.4, -0.2) is 14.8 Å². The lowest BCUT2D eigenvalue weighted by molar-refractivity contribution is 0.108. The van der Waals surface area contributed by atoms with E-state index < -0.39 is 5.24 Å². The minimum absolute atomic E-state index is 0.387. The fourth-order valence-corrected chi connectivity index (χ4v) is 1.49. The second-order valence-electron chi connectivity index (χ2n) is 3.54. The zero-order chi connectivity index (χ0) is 12.3. The Labute approximate surface area is 104 Å².